The lowest BCUT2D eigenvalue weighted by Crippen LogP contribution is -2.59. The van der Waals surface area contributed by atoms with E-state index in [9.17, 15) is 28.9 Å². The number of nitriles is 2. The number of urea groups is 2. The van der Waals surface area contributed by atoms with E-state index in [2.05, 4.69) is 22.8 Å². The molecule has 0 aromatic heterocycles. The number of carbonyl (C=O) groups is 4. The van der Waals surface area contributed by atoms with Crippen LogP contribution in [0.1, 0.15) is 105 Å². The highest BCUT2D eigenvalue weighted by molar-refractivity contribution is 6.08. The lowest BCUT2D eigenvalue weighted by atomic mass is 9.89. The standard InChI is InChI=1S/C57H61F2N9O5/c1-39-9-15-48(53(69)65-27-21-46(22-28-65)44-17-11-42(35-60)12-18-44)33-51(39)67(55(71)62-26-32-64-31-25-57(58,59)38-64)68(56(72)63-41(3)37-73-50-7-5-4-6-8-50)52-34-49(16-10-40(52)2)54(70)66-29-23-47(24-30-66)45-19-13-43(36-61)14-20-45/h4-20,33-34,41,46-47H,21-32,37-38H2,1-3H3,(H,62,71)(H,63,72). The molecule has 2 N–H and O–H groups in total. The van der Waals surface area contributed by atoms with Gasteiger partial charge in [-0.05, 0) is 141 Å². The van der Waals surface area contributed by atoms with Crippen molar-refractivity contribution in [3.8, 4) is 17.9 Å². The van der Waals surface area contributed by atoms with Crippen LogP contribution >= 0.6 is 0 Å². The van der Waals surface area contributed by atoms with Gasteiger partial charge >= 0.3 is 12.1 Å². The van der Waals surface area contributed by atoms with Gasteiger partial charge in [0.15, 0.2) is 0 Å². The number of carbonyl (C=O) groups excluding carboxylic acids is 4. The van der Waals surface area contributed by atoms with E-state index in [0.29, 0.717) is 79.9 Å². The van der Waals surface area contributed by atoms with Crippen LogP contribution in [0.2, 0.25) is 0 Å². The molecule has 5 aromatic rings. The van der Waals surface area contributed by atoms with E-state index in [0.717, 1.165) is 11.1 Å². The molecule has 73 heavy (non-hydrogen) atoms. The summed E-state index contributed by atoms with van der Waals surface area (Å²) in [6.07, 6.45) is 2.54. The van der Waals surface area contributed by atoms with Crippen LogP contribution in [-0.2, 0) is 0 Å². The van der Waals surface area contributed by atoms with Crippen molar-refractivity contribution in [1.29, 1.82) is 10.5 Å². The summed E-state index contributed by atoms with van der Waals surface area (Å²) in [6.45, 7) is 7.05. The van der Waals surface area contributed by atoms with Crippen molar-refractivity contribution in [2.45, 2.75) is 76.7 Å². The van der Waals surface area contributed by atoms with Crippen molar-refractivity contribution >= 4 is 35.3 Å². The fourth-order valence-corrected chi connectivity index (χ4v) is 9.86. The van der Waals surface area contributed by atoms with Crippen LogP contribution in [0.15, 0.2) is 115 Å². The number of para-hydroxylation sites is 1. The van der Waals surface area contributed by atoms with Gasteiger partial charge in [0.05, 0.1) is 47.2 Å². The summed E-state index contributed by atoms with van der Waals surface area (Å²) in [5, 5.41) is 26.8. The van der Waals surface area contributed by atoms with Gasteiger partial charge in [0.25, 0.3) is 17.7 Å². The zero-order chi connectivity index (χ0) is 51.6. The van der Waals surface area contributed by atoms with Crippen LogP contribution in [0.3, 0.4) is 0 Å². The second-order valence-corrected chi connectivity index (χ2v) is 19.3. The first kappa shape index (κ1) is 51.5. The molecule has 3 fully saturated rings. The number of nitrogens with zero attached hydrogens (tertiary/aromatic N) is 7. The van der Waals surface area contributed by atoms with E-state index in [4.69, 9.17) is 4.74 Å². The molecule has 0 aliphatic carbocycles. The fraction of sp³-hybridized carbons (Fsp3) is 0.368. The Kier molecular flexibility index (Phi) is 16.3. The van der Waals surface area contributed by atoms with Crippen LogP contribution in [0.25, 0.3) is 0 Å². The number of halogens is 2. The monoisotopic (exact) mass is 989 g/mol. The van der Waals surface area contributed by atoms with Gasteiger partial charge in [0.2, 0.25) is 0 Å². The van der Waals surface area contributed by atoms with E-state index in [1.807, 2.05) is 42.5 Å². The zero-order valence-corrected chi connectivity index (χ0v) is 41.5. The number of ether oxygens (including phenoxy) is 1. The number of hydrogen-bond donors (Lipinski definition) is 2. The number of benzene rings is 5. The Morgan fingerprint density at radius 3 is 1.62 bits per heavy atom. The van der Waals surface area contributed by atoms with Crippen molar-refractivity contribution < 1.29 is 32.7 Å². The number of hydrazine groups is 1. The SMILES string of the molecule is Cc1ccc(C(=O)N2CCC(c3ccc(C#N)cc3)CC2)cc1N(C(=O)NCCN1CCC(F)(F)C1)N(C(=O)NC(C)COc1ccccc1)c1cc(C(=O)N2CCC(c3ccc(C#N)cc3)CC2)ccc1C. The van der Waals surface area contributed by atoms with E-state index in [1.54, 1.807) is 108 Å². The number of nitrogens with one attached hydrogen (secondary N) is 2. The number of anilines is 2. The highest BCUT2D eigenvalue weighted by Gasteiger charge is 2.39. The number of rotatable bonds is 13. The van der Waals surface area contributed by atoms with Gasteiger partial charge in [-0.15, -0.1) is 0 Å². The average molecular weight is 990 g/mol. The van der Waals surface area contributed by atoms with E-state index >= 15 is 9.59 Å². The van der Waals surface area contributed by atoms with Crippen molar-refractivity contribution in [3.05, 3.63) is 160 Å². The predicted octanol–water partition coefficient (Wildman–Crippen LogP) is 9.54. The summed E-state index contributed by atoms with van der Waals surface area (Å²) in [5.41, 5.74) is 5.45. The second kappa shape index (κ2) is 23.2. The topological polar surface area (TPSA) is 165 Å². The molecule has 8 rings (SSSR count). The zero-order valence-electron chi connectivity index (χ0n) is 41.5. The molecule has 14 nitrogen and oxygen atoms in total. The molecule has 0 bridgehead atoms. The van der Waals surface area contributed by atoms with E-state index < -0.39 is 30.6 Å². The van der Waals surface area contributed by atoms with Gasteiger partial charge in [0.1, 0.15) is 12.4 Å². The normalized spacial score (nSPS) is 16.4. The summed E-state index contributed by atoms with van der Waals surface area (Å²) in [5.74, 6) is -2.35. The van der Waals surface area contributed by atoms with Crippen LogP contribution in [-0.4, -0.2) is 110 Å². The molecule has 3 aliphatic heterocycles. The van der Waals surface area contributed by atoms with Gasteiger partial charge in [-0.25, -0.2) is 18.4 Å². The van der Waals surface area contributed by atoms with Gasteiger partial charge in [-0.1, -0.05) is 54.6 Å². The molecule has 6 amide bonds. The Balaban J connectivity index is 1.12. The average Bonchev–Trinajstić information content (AvgIpc) is 3.77. The molecule has 3 saturated heterocycles. The van der Waals surface area contributed by atoms with Crippen LogP contribution in [0.4, 0.5) is 29.7 Å². The molecule has 1 atom stereocenters. The number of hydrogen-bond acceptors (Lipinski definition) is 8. The quantitative estimate of drug-likeness (QED) is 0.110. The number of piperidine rings is 2. The molecule has 16 heteroatoms. The minimum Gasteiger partial charge on any atom is -0.491 e. The molecule has 3 heterocycles. The first-order valence-electron chi connectivity index (χ1n) is 25.0. The molecule has 0 spiro atoms. The highest BCUT2D eigenvalue weighted by Crippen LogP contribution is 2.35. The van der Waals surface area contributed by atoms with Gasteiger partial charge in [-0.3, -0.25) is 14.5 Å². The molecule has 378 valence electrons. The number of amides is 6. The van der Waals surface area contributed by atoms with Crippen LogP contribution in [0.5, 0.6) is 5.75 Å². The fourth-order valence-electron chi connectivity index (χ4n) is 9.86. The van der Waals surface area contributed by atoms with Crippen molar-refractivity contribution in [1.82, 2.24) is 25.3 Å². The smallest absolute Gasteiger partial charge is 0.341 e. The largest absolute Gasteiger partial charge is 0.491 e. The third-order valence-electron chi connectivity index (χ3n) is 14.1. The molecule has 1 unspecified atom stereocenters. The molecular weight excluding hydrogens is 929 g/mol. The first-order valence-corrected chi connectivity index (χ1v) is 25.0. The van der Waals surface area contributed by atoms with Crippen molar-refractivity contribution in [3.63, 3.8) is 0 Å². The molecule has 0 saturated carbocycles. The van der Waals surface area contributed by atoms with Crippen molar-refractivity contribution in [2.75, 3.05) is 69.0 Å². The Morgan fingerprint density at radius 2 is 1.16 bits per heavy atom. The summed E-state index contributed by atoms with van der Waals surface area (Å²) < 4.78 is 34.5. The third-order valence-corrected chi connectivity index (χ3v) is 14.1. The van der Waals surface area contributed by atoms with Crippen LogP contribution < -0.4 is 25.4 Å². The Morgan fingerprint density at radius 1 is 0.685 bits per heavy atom. The maximum atomic E-state index is 15.2. The van der Waals surface area contributed by atoms with Crippen molar-refractivity contribution in [2.24, 2.45) is 0 Å². The maximum Gasteiger partial charge on any atom is 0.341 e. The molecule has 3 aliphatic rings. The second-order valence-electron chi connectivity index (χ2n) is 19.3. The van der Waals surface area contributed by atoms with E-state index in [-0.39, 0.29) is 78.8 Å². The third kappa shape index (κ3) is 12.6. The minimum absolute atomic E-state index is 0.0377. The number of aryl methyl sites for hydroxylation is 2. The summed E-state index contributed by atoms with van der Waals surface area (Å²) >= 11 is 0. The Bertz CT molecular complexity index is 2850. The maximum absolute atomic E-state index is 15.2. The summed E-state index contributed by atoms with van der Waals surface area (Å²) in [6, 6.07) is 36.4. The Labute approximate surface area is 425 Å². The number of likely N-dealkylation sites (tertiary alicyclic amines) is 3. The van der Waals surface area contributed by atoms with Gasteiger partial charge < -0.3 is 25.2 Å². The predicted molar refractivity (Wildman–Crippen MR) is 275 cm³/mol. The summed E-state index contributed by atoms with van der Waals surface area (Å²) in [4.78, 5) is 64.3. The molecular formula is C57H61F2N9O5. The van der Waals surface area contributed by atoms with Gasteiger partial charge in [0, 0.05) is 63.4 Å². The van der Waals surface area contributed by atoms with Crippen LogP contribution in [0, 0.1) is 36.5 Å². The molecule has 5 aromatic carbocycles. The van der Waals surface area contributed by atoms with E-state index in [1.165, 1.54) is 10.0 Å². The minimum atomic E-state index is -2.84. The highest BCUT2D eigenvalue weighted by atomic mass is 19.3. The Hall–Kier alpha value is -7.82. The number of alkyl halides is 2. The molecule has 0 radical (unpaired) electrons. The first-order chi connectivity index (χ1) is 35.2. The lowest BCUT2D eigenvalue weighted by molar-refractivity contribution is 0.0124. The lowest BCUT2D eigenvalue weighted by Gasteiger charge is -2.38. The summed E-state index contributed by atoms with van der Waals surface area (Å²) in [7, 11) is 0. The van der Waals surface area contributed by atoms with Gasteiger partial charge in [-0.2, -0.15) is 20.5 Å².